The number of alkyl halides is 9. The number of rotatable bonds is 9. The summed E-state index contributed by atoms with van der Waals surface area (Å²) >= 11 is 6.13. The van der Waals surface area contributed by atoms with Crippen LogP contribution in [0.5, 0.6) is 11.5 Å². The normalized spacial score (nSPS) is 12.3. The summed E-state index contributed by atoms with van der Waals surface area (Å²) in [5, 5.41) is 2.65. The van der Waals surface area contributed by atoms with Gasteiger partial charge in [-0.3, -0.25) is 9.59 Å². The number of hydrogen-bond donors (Lipinski definition) is 1. The van der Waals surface area contributed by atoms with Crippen LogP contribution < -0.4 is 14.8 Å². The van der Waals surface area contributed by atoms with Crippen LogP contribution in [0.15, 0.2) is 48.5 Å². The number of halogens is 10. The molecule has 0 saturated heterocycles. The molecule has 0 saturated carbocycles. The predicted molar refractivity (Wildman–Crippen MR) is 138 cm³/mol. The Balaban J connectivity index is 2.05. The van der Waals surface area contributed by atoms with Crippen molar-refractivity contribution in [1.82, 2.24) is 0 Å². The largest absolute Gasteiger partial charge is 0.494 e. The molecule has 3 aromatic carbocycles. The summed E-state index contributed by atoms with van der Waals surface area (Å²) in [6.07, 6.45) is -13.9. The highest BCUT2D eigenvalue weighted by molar-refractivity contribution is 6.34. The second-order valence-corrected chi connectivity index (χ2v) is 9.63. The van der Waals surface area contributed by atoms with Gasteiger partial charge in [-0.1, -0.05) is 29.8 Å². The highest BCUT2D eigenvalue weighted by atomic mass is 35.5. The van der Waals surface area contributed by atoms with Crippen molar-refractivity contribution in [2.45, 2.75) is 44.9 Å². The Labute approximate surface area is 243 Å². The molecule has 0 aliphatic heterocycles. The van der Waals surface area contributed by atoms with E-state index in [9.17, 15) is 49.1 Å². The molecule has 0 bridgehead atoms. The van der Waals surface area contributed by atoms with Gasteiger partial charge in [-0.15, -0.1) is 0 Å². The van der Waals surface area contributed by atoms with Gasteiger partial charge in [0.05, 0.1) is 28.9 Å². The van der Waals surface area contributed by atoms with Crippen LogP contribution in [0.4, 0.5) is 45.2 Å². The number of carbonyl (C=O) groups is 2. The summed E-state index contributed by atoms with van der Waals surface area (Å²) < 4.78 is 130. The number of ketones is 1. The second-order valence-electron chi connectivity index (χ2n) is 9.23. The van der Waals surface area contributed by atoms with Crippen molar-refractivity contribution in [2.24, 2.45) is 0 Å². The number of Topliss-reactive ketones (excluding diaryl/α,β-unsaturated/α-hetero) is 1. The third-order valence-electron chi connectivity index (χ3n) is 6.30. The third kappa shape index (κ3) is 6.84. The number of ether oxygens (including phenoxy) is 2. The van der Waals surface area contributed by atoms with Crippen LogP contribution in [0.3, 0.4) is 0 Å². The first kappa shape index (κ1) is 33.6. The van der Waals surface area contributed by atoms with Crippen molar-refractivity contribution >= 4 is 29.0 Å². The second kappa shape index (κ2) is 12.3. The van der Waals surface area contributed by atoms with Crippen LogP contribution in [-0.2, 0) is 12.1 Å². The first-order valence-corrected chi connectivity index (χ1v) is 12.4. The quantitative estimate of drug-likeness (QED) is 0.188. The van der Waals surface area contributed by atoms with Crippen LogP contribution in [0.25, 0.3) is 0 Å². The van der Waals surface area contributed by atoms with Crippen LogP contribution in [-0.4, -0.2) is 37.8 Å². The number of anilines is 1. The van der Waals surface area contributed by atoms with Gasteiger partial charge in [0.25, 0.3) is 5.91 Å². The Kier molecular flexibility index (Phi) is 9.64. The van der Waals surface area contributed by atoms with E-state index < -0.39 is 65.2 Å². The molecule has 1 N–H and O–H groups in total. The highest BCUT2D eigenvalue weighted by Crippen LogP contribution is 2.54. The lowest BCUT2D eigenvalue weighted by molar-refractivity contribution is -0.348. The summed E-state index contributed by atoms with van der Waals surface area (Å²) in [5.41, 5.74) is -8.51. The lowest BCUT2D eigenvalue weighted by Crippen LogP contribution is -2.50. The van der Waals surface area contributed by atoms with E-state index in [0.29, 0.717) is 0 Å². The molecular formula is C28H21ClF9NO4. The minimum Gasteiger partial charge on any atom is -0.494 e. The molecule has 0 spiro atoms. The molecule has 0 heterocycles. The Morgan fingerprint density at radius 3 is 2.07 bits per heavy atom. The van der Waals surface area contributed by atoms with Crippen LogP contribution in [0, 0.1) is 13.8 Å². The van der Waals surface area contributed by atoms with Crippen LogP contribution >= 0.6 is 11.6 Å². The zero-order valence-electron chi connectivity index (χ0n) is 22.3. The summed E-state index contributed by atoms with van der Waals surface area (Å²) in [5.74, 6) is -3.08. The zero-order valence-corrected chi connectivity index (χ0v) is 23.1. The molecule has 0 aliphatic carbocycles. The Hall–Kier alpha value is -3.94. The minimum absolute atomic E-state index is 0.0244. The lowest BCUT2D eigenvalue weighted by Gasteiger charge is -2.31. The number of carbonyl (C=O) groups excluding carboxylic acids is 2. The van der Waals surface area contributed by atoms with Gasteiger partial charge in [0.1, 0.15) is 5.75 Å². The number of aryl methyl sites for hydroxylation is 2. The SMILES string of the molecule is COc1c(NC(=O)c2ccc(C)cc2Cl)cccc1C(=O)Cc1c(C)cc(C(F)(C(F)(F)F)C(F)(F)F)cc1OC(F)F. The zero-order chi connectivity index (χ0) is 32.5. The fourth-order valence-corrected chi connectivity index (χ4v) is 4.54. The van der Waals surface area contributed by atoms with Crippen molar-refractivity contribution in [3.8, 4) is 11.5 Å². The van der Waals surface area contributed by atoms with Crippen molar-refractivity contribution in [3.63, 3.8) is 0 Å². The molecule has 232 valence electrons. The van der Waals surface area contributed by atoms with Gasteiger partial charge in [0, 0.05) is 17.5 Å². The average molecular weight is 642 g/mol. The smallest absolute Gasteiger partial charge is 0.435 e. The first-order valence-electron chi connectivity index (χ1n) is 12.0. The topological polar surface area (TPSA) is 64.6 Å². The fraction of sp³-hybridized carbons (Fsp3) is 0.286. The van der Waals surface area contributed by atoms with Crippen LogP contribution in [0.2, 0.25) is 5.02 Å². The van der Waals surface area contributed by atoms with E-state index in [4.69, 9.17) is 16.3 Å². The van der Waals surface area contributed by atoms with Crippen molar-refractivity contribution in [3.05, 3.63) is 86.9 Å². The van der Waals surface area contributed by atoms with Gasteiger partial charge >= 0.3 is 24.6 Å². The van der Waals surface area contributed by atoms with Crippen molar-refractivity contribution in [1.29, 1.82) is 0 Å². The van der Waals surface area contributed by atoms with E-state index in [1.807, 2.05) is 0 Å². The highest BCUT2D eigenvalue weighted by Gasteiger charge is 2.73. The number of hydrogen-bond acceptors (Lipinski definition) is 4. The summed E-state index contributed by atoms with van der Waals surface area (Å²) in [4.78, 5) is 26.1. The predicted octanol–water partition coefficient (Wildman–Crippen LogP) is 8.53. The van der Waals surface area contributed by atoms with Gasteiger partial charge in [-0.05, 0) is 55.3 Å². The maximum absolute atomic E-state index is 14.7. The van der Waals surface area contributed by atoms with Gasteiger partial charge < -0.3 is 14.8 Å². The van der Waals surface area contributed by atoms with Crippen molar-refractivity contribution < 1.29 is 58.6 Å². The molecule has 0 unspecified atom stereocenters. The Bertz CT molecular complexity index is 1520. The summed E-state index contributed by atoms with van der Waals surface area (Å²) in [7, 11) is 1.14. The number of benzene rings is 3. The van der Waals surface area contributed by atoms with Gasteiger partial charge in [-0.25, -0.2) is 4.39 Å². The summed E-state index contributed by atoms with van der Waals surface area (Å²) in [6.45, 7) is -1.10. The van der Waals surface area contributed by atoms with E-state index in [0.717, 1.165) is 19.6 Å². The van der Waals surface area contributed by atoms with Gasteiger partial charge in [0.2, 0.25) is 0 Å². The molecule has 1 amide bonds. The average Bonchev–Trinajstić information content (AvgIpc) is 2.87. The molecule has 43 heavy (non-hydrogen) atoms. The molecule has 0 atom stereocenters. The van der Waals surface area contributed by atoms with E-state index in [2.05, 4.69) is 10.1 Å². The van der Waals surface area contributed by atoms with Gasteiger partial charge in [0.15, 0.2) is 11.5 Å². The molecule has 3 aromatic rings. The van der Waals surface area contributed by atoms with Crippen LogP contribution in [0.1, 0.15) is 43.0 Å². The van der Waals surface area contributed by atoms with E-state index in [1.54, 1.807) is 13.0 Å². The molecule has 0 fully saturated rings. The number of methoxy groups -OCH3 is 1. The van der Waals surface area contributed by atoms with Crippen molar-refractivity contribution in [2.75, 3.05) is 12.4 Å². The Morgan fingerprint density at radius 2 is 1.53 bits per heavy atom. The van der Waals surface area contributed by atoms with E-state index >= 15 is 0 Å². The molecular weight excluding hydrogens is 621 g/mol. The molecule has 3 rings (SSSR count). The van der Waals surface area contributed by atoms with E-state index in [1.165, 1.54) is 30.3 Å². The first-order chi connectivity index (χ1) is 19.8. The fourth-order valence-electron chi connectivity index (χ4n) is 4.22. The monoisotopic (exact) mass is 641 g/mol. The number of nitrogens with one attached hydrogen (secondary N) is 1. The minimum atomic E-state index is -6.52. The lowest BCUT2D eigenvalue weighted by atomic mass is 9.89. The maximum atomic E-state index is 14.7. The number of para-hydroxylation sites is 1. The standard InChI is InChI=1S/C28H21ClF9NO4/c1-13-7-8-16(19(29)9-13)24(41)39-20-6-4-5-17(23(20)42-3)21(40)12-18-14(2)10-15(11-22(18)43-25(30)31)26(32,27(33,34)35)28(36,37)38/h4-11,25H,12H2,1-3H3,(H,39,41). The molecule has 0 aliphatic rings. The third-order valence-corrected chi connectivity index (χ3v) is 6.61. The molecule has 5 nitrogen and oxygen atoms in total. The molecule has 0 aromatic heterocycles. The summed E-state index contributed by atoms with van der Waals surface area (Å²) in [6, 6.07) is 8.50. The Morgan fingerprint density at radius 1 is 0.907 bits per heavy atom. The molecule has 15 heteroatoms. The van der Waals surface area contributed by atoms with E-state index in [-0.39, 0.29) is 39.7 Å². The number of amides is 1. The molecule has 0 radical (unpaired) electrons. The van der Waals surface area contributed by atoms with Gasteiger partial charge in [-0.2, -0.15) is 35.1 Å². The maximum Gasteiger partial charge on any atom is 0.435 e.